The van der Waals surface area contributed by atoms with Gasteiger partial charge in [0, 0.05) is 30.8 Å². The van der Waals surface area contributed by atoms with Crippen LogP contribution in [0.3, 0.4) is 0 Å². The van der Waals surface area contributed by atoms with Gasteiger partial charge in [-0.05, 0) is 38.0 Å². The van der Waals surface area contributed by atoms with Crippen LogP contribution in [0.2, 0.25) is 0 Å². The maximum atomic E-state index is 13.1. The Morgan fingerprint density at radius 3 is 2.46 bits per heavy atom. The Morgan fingerprint density at radius 1 is 1.11 bits per heavy atom. The van der Waals surface area contributed by atoms with E-state index in [1.807, 2.05) is 13.8 Å². The van der Waals surface area contributed by atoms with E-state index in [1.165, 1.54) is 37.3 Å². The molecule has 2 aromatic rings. The molecule has 0 bridgehead atoms. The summed E-state index contributed by atoms with van der Waals surface area (Å²) in [5.74, 6) is -1.31. The minimum absolute atomic E-state index is 0.0148. The lowest BCUT2D eigenvalue weighted by atomic mass is 9.94. The zero-order valence-electron chi connectivity index (χ0n) is 20.0. The Morgan fingerprint density at radius 2 is 1.83 bits per heavy atom. The van der Waals surface area contributed by atoms with Gasteiger partial charge in [-0.2, -0.15) is 0 Å². The summed E-state index contributed by atoms with van der Waals surface area (Å²) in [6, 6.07) is 9.29. The number of likely N-dealkylation sites (tertiary alicyclic amines) is 1. The monoisotopic (exact) mass is 484 g/mol. The second-order valence-corrected chi connectivity index (χ2v) is 8.19. The van der Waals surface area contributed by atoms with E-state index in [2.05, 4.69) is 0 Å². The van der Waals surface area contributed by atoms with Gasteiger partial charge in [0.25, 0.3) is 17.4 Å². The van der Waals surface area contributed by atoms with Crippen molar-refractivity contribution in [3.63, 3.8) is 0 Å². The Labute approximate surface area is 202 Å². The molecule has 1 aliphatic rings. The molecule has 0 saturated carbocycles. The quantitative estimate of drug-likeness (QED) is 0.134. The maximum absolute atomic E-state index is 13.1. The third-order valence-electron chi connectivity index (χ3n) is 5.59. The van der Waals surface area contributed by atoms with Gasteiger partial charge >= 0.3 is 0 Å². The lowest BCUT2D eigenvalue weighted by Crippen LogP contribution is -2.31. The van der Waals surface area contributed by atoms with Crippen molar-refractivity contribution in [2.75, 3.05) is 27.4 Å². The number of ketones is 1. The molecule has 0 unspecified atom stereocenters. The van der Waals surface area contributed by atoms with Crippen LogP contribution in [0.5, 0.6) is 11.5 Å². The fourth-order valence-corrected chi connectivity index (χ4v) is 3.96. The van der Waals surface area contributed by atoms with Crippen molar-refractivity contribution in [2.45, 2.75) is 32.4 Å². The van der Waals surface area contributed by atoms with Gasteiger partial charge in [0.2, 0.25) is 0 Å². The molecule has 35 heavy (non-hydrogen) atoms. The van der Waals surface area contributed by atoms with Gasteiger partial charge in [0.15, 0.2) is 11.5 Å². The number of hydrogen-bond donors (Lipinski definition) is 1. The van der Waals surface area contributed by atoms with Gasteiger partial charge < -0.3 is 24.2 Å². The van der Waals surface area contributed by atoms with Crippen molar-refractivity contribution in [1.29, 1.82) is 0 Å². The van der Waals surface area contributed by atoms with Gasteiger partial charge in [0.1, 0.15) is 5.76 Å². The number of amides is 1. The van der Waals surface area contributed by atoms with Crippen LogP contribution in [0, 0.1) is 10.1 Å². The molecule has 1 N–H and O–H groups in total. The highest BCUT2D eigenvalue weighted by Crippen LogP contribution is 2.42. The Balaban J connectivity index is 2.12. The van der Waals surface area contributed by atoms with E-state index in [9.17, 15) is 24.8 Å². The predicted octanol–water partition coefficient (Wildman–Crippen LogP) is 3.85. The number of Topliss-reactive ketones (excluding diaryl/α,β-unsaturated/α-hetero) is 1. The van der Waals surface area contributed by atoms with Crippen LogP contribution in [-0.4, -0.2) is 60.1 Å². The fraction of sp³-hybridized carbons (Fsp3) is 0.360. The number of benzene rings is 2. The lowest BCUT2D eigenvalue weighted by molar-refractivity contribution is -0.384. The Kier molecular flexibility index (Phi) is 8.08. The summed E-state index contributed by atoms with van der Waals surface area (Å²) in [5, 5.41) is 22.3. The van der Waals surface area contributed by atoms with Crippen molar-refractivity contribution >= 4 is 23.1 Å². The largest absolute Gasteiger partial charge is 0.507 e. The zero-order valence-corrected chi connectivity index (χ0v) is 20.0. The third kappa shape index (κ3) is 5.43. The molecule has 0 aromatic heterocycles. The summed E-state index contributed by atoms with van der Waals surface area (Å²) in [4.78, 5) is 38.2. The standard InChI is InChI=1S/C25H28N2O8/c1-15(2)35-12-6-11-26-22(16-9-10-19(33-3)20(14-16)34-4)21(24(29)25(26)30)23(28)17-7-5-8-18(13-17)27(31)32/h5,7-10,13-15,22,28H,6,11-12H2,1-4H3/t22-/m1/s1. The number of nitro benzene ring substituents is 1. The number of aliphatic hydroxyl groups is 1. The van der Waals surface area contributed by atoms with Crippen molar-refractivity contribution in [3.05, 3.63) is 69.3 Å². The second kappa shape index (κ2) is 11.0. The topological polar surface area (TPSA) is 128 Å². The van der Waals surface area contributed by atoms with Gasteiger partial charge in [0.05, 0.1) is 36.9 Å². The Hall–Kier alpha value is -3.92. The molecule has 3 rings (SSSR count). The normalized spacial score (nSPS) is 17.2. The van der Waals surface area contributed by atoms with E-state index in [0.717, 1.165) is 6.07 Å². The molecule has 1 heterocycles. The summed E-state index contributed by atoms with van der Waals surface area (Å²) in [6.45, 7) is 4.37. The number of rotatable bonds is 10. The first-order valence-electron chi connectivity index (χ1n) is 11.1. The van der Waals surface area contributed by atoms with Crippen LogP contribution in [0.1, 0.15) is 37.4 Å². The van der Waals surface area contributed by atoms with Gasteiger partial charge in [-0.3, -0.25) is 19.7 Å². The minimum Gasteiger partial charge on any atom is -0.507 e. The highest BCUT2D eigenvalue weighted by Gasteiger charge is 2.46. The van der Waals surface area contributed by atoms with E-state index < -0.39 is 28.4 Å². The molecule has 10 heteroatoms. The van der Waals surface area contributed by atoms with E-state index >= 15 is 0 Å². The lowest BCUT2D eigenvalue weighted by Gasteiger charge is -2.26. The number of aliphatic hydroxyl groups excluding tert-OH is 1. The summed E-state index contributed by atoms with van der Waals surface area (Å²) < 4.78 is 16.2. The smallest absolute Gasteiger partial charge is 0.295 e. The highest BCUT2D eigenvalue weighted by atomic mass is 16.6. The average Bonchev–Trinajstić information content (AvgIpc) is 3.10. The van der Waals surface area contributed by atoms with Crippen LogP contribution < -0.4 is 9.47 Å². The van der Waals surface area contributed by atoms with Gasteiger partial charge in [-0.15, -0.1) is 0 Å². The molecular weight excluding hydrogens is 456 g/mol. The molecular formula is C25H28N2O8. The first kappa shape index (κ1) is 25.7. The molecule has 2 aromatic carbocycles. The van der Waals surface area contributed by atoms with Crippen molar-refractivity contribution in [1.82, 2.24) is 4.90 Å². The molecule has 0 radical (unpaired) electrons. The molecule has 186 valence electrons. The maximum Gasteiger partial charge on any atom is 0.295 e. The molecule has 1 fully saturated rings. The molecule has 0 aliphatic carbocycles. The highest BCUT2D eigenvalue weighted by molar-refractivity contribution is 6.46. The van der Waals surface area contributed by atoms with E-state index in [0.29, 0.717) is 30.1 Å². The van der Waals surface area contributed by atoms with Crippen molar-refractivity contribution in [2.24, 2.45) is 0 Å². The van der Waals surface area contributed by atoms with Crippen LogP contribution in [-0.2, 0) is 14.3 Å². The number of non-ortho nitro benzene ring substituents is 1. The SMILES string of the molecule is COc1ccc([C@@H]2C(=C(O)c3cccc([N+](=O)[O-])c3)C(=O)C(=O)N2CCCOC(C)C)cc1OC. The number of carbonyl (C=O) groups excluding carboxylic acids is 2. The third-order valence-corrected chi connectivity index (χ3v) is 5.59. The van der Waals surface area contributed by atoms with Crippen LogP contribution in [0.4, 0.5) is 5.69 Å². The summed E-state index contributed by atoms with van der Waals surface area (Å²) in [6.07, 6.45) is 0.479. The number of hydrogen-bond acceptors (Lipinski definition) is 8. The van der Waals surface area contributed by atoms with Crippen molar-refractivity contribution in [3.8, 4) is 11.5 Å². The van der Waals surface area contributed by atoms with E-state index in [1.54, 1.807) is 18.2 Å². The molecule has 0 spiro atoms. The van der Waals surface area contributed by atoms with Gasteiger partial charge in [-0.1, -0.05) is 18.2 Å². The first-order chi connectivity index (χ1) is 16.7. The predicted molar refractivity (Wildman–Crippen MR) is 127 cm³/mol. The molecule has 1 atom stereocenters. The number of methoxy groups -OCH3 is 2. The number of carbonyl (C=O) groups is 2. The first-order valence-corrected chi connectivity index (χ1v) is 11.1. The molecule has 10 nitrogen and oxygen atoms in total. The fourth-order valence-electron chi connectivity index (χ4n) is 3.96. The van der Waals surface area contributed by atoms with Crippen LogP contribution in [0.25, 0.3) is 5.76 Å². The summed E-state index contributed by atoms with van der Waals surface area (Å²) in [5.41, 5.74) is 0.161. The molecule has 1 amide bonds. The number of ether oxygens (including phenoxy) is 3. The van der Waals surface area contributed by atoms with E-state index in [4.69, 9.17) is 14.2 Å². The summed E-state index contributed by atoms with van der Waals surface area (Å²) >= 11 is 0. The average molecular weight is 485 g/mol. The van der Waals surface area contributed by atoms with Crippen LogP contribution in [0.15, 0.2) is 48.0 Å². The summed E-state index contributed by atoms with van der Waals surface area (Å²) in [7, 11) is 2.95. The molecule has 1 saturated heterocycles. The molecule has 1 aliphatic heterocycles. The van der Waals surface area contributed by atoms with Gasteiger partial charge in [-0.25, -0.2) is 0 Å². The Bertz CT molecular complexity index is 1160. The number of nitrogens with zero attached hydrogens (tertiary/aromatic N) is 2. The van der Waals surface area contributed by atoms with Crippen LogP contribution >= 0.6 is 0 Å². The van der Waals surface area contributed by atoms with E-state index in [-0.39, 0.29) is 29.5 Å². The minimum atomic E-state index is -0.937. The second-order valence-electron chi connectivity index (χ2n) is 8.19. The zero-order chi connectivity index (χ0) is 25.7. The van der Waals surface area contributed by atoms with Crippen molar-refractivity contribution < 1.29 is 33.8 Å². The number of nitro groups is 1.